The van der Waals surface area contributed by atoms with Crippen LogP contribution >= 0.6 is 0 Å². The number of esters is 1. The molecule has 0 bridgehead atoms. The number of carbonyl (C=O) groups is 2. The van der Waals surface area contributed by atoms with Gasteiger partial charge < -0.3 is 14.2 Å². The third-order valence-corrected chi connectivity index (χ3v) is 8.18. The van der Waals surface area contributed by atoms with E-state index >= 15 is 0 Å². The normalized spacial score (nSPS) is 17.9. The zero-order chi connectivity index (χ0) is 23.6. The number of sulfonamides is 1. The number of carbonyl (C=O) groups excluding carboxylic acids is 2. The first-order valence-corrected chi connectivity index (χ1v) is 12.7. The molecule has 2 aliphatic heterocycles. The fourth-order valence-electron chi connectivity index (χ4n) is 4.23. The van der Waals surface area contributed by atoms with Crippen molar-refractivity contribution in [3.8, 4) is 11.4 Å². The van der Waals surface area contributed by atoms with E-state index < -0.39 is 10.0 Å². The second-order valence-corrected chi connectivity index (χ2v) is 10.2. The van der Waals surface area contributed by atoms with Gasteiger partial charge in [-0.3, -0.25) is 9.59 Å². The van der Waals surface area contributed by atoms with Crippen molar-refractivity contribution in [2.45, 2.75) is 44.4 Å². The van der Waals surface area contributed by atoms with E-state index in [0.29, 0.717) is 43.7 Å². The Balaban J connectivity index is 1.53. The molecule has 2 aliphatic rings. The van der Waals surface area contributed by atoms with Gasteiger partial charge in [0.2, 0.25) is 15.8 Å². The molecule has 10 nitrogen and oxygen atoms in total. The largest absolute Gasteiger partial charge is 0.466 e. The summed E-state index contributed by atoms with van der Waals surface area (Å²) in [4.78, 5) is 30.5. The Labute approximate surface area is 192 Å². The molecule has 2 fully saturated rings. The van der Waals surface area contributed by atoms with Crippen LogP contribution < -0.4 is 0 Å². The number of piperidine rings is 1. The van der Waals surface area contributed by atoms with Crippen LogP contribution in [0.5, 0.6) is 0 Å². The molecule has 1 aromatic heterocycles. The van der Waals surface area contributed by atoms with E-state index in [1.54, 1.807) is 30.9 Å². The number of hydrogen-bond acceptors (Lipinski definition) is 8. The van der Waals surface area contributed by atoms with Crippen molar-refractivity contribution >= 4 is 21.9 Å². The second-order valence-electron chi connectivity index (χ2n) is 8.33. The summed E-state index contributed by atoms with van der Waals surface area (Å²) < 4.78 is 38.4. The number of aromatic nitrogens is 2. The predicted octanol–water partition coefficient (Wildman–Crippen LogP) is 2.24. The Morgan fingerprint density at radius 3 is 2.52 bits per heavy atom. The van der Waals surface area contributed by atoms with E-state index in [-0.39, 0.29) is 47.5 Å². The lowest BCUT2D eigenvalue weighted by molar-refractivity contribution is -0.149. The predicted molar refractivity (Wildman–Crippen MR) is 118 cm³/mol. The minimum Gasteiger partial charge on any atom is -0.466 e. The first kappa shape index (κ1) is 23.4. The summed E-state index contributed by atoms with van der Waals surface area (Å²) >= 11 is 0. The lowest BCUT2D eigenvalue weighted by Crippen LogP contribution is -2.40. The maximum absolute atomic E-state index is 13.4. The molecule has 0 spiro atoms. The maximum Gasteiger partial charge on any atom is 0.316 e. The highest BCUT2D eigenvalue weighted by molar-refractivity contribution is 7.89. The number of amides is 1. The van der Waals surface area contributed by atoms with Gasteiger partial charge in [0.1, 0.15) is 0 Å². The Kier molecular flexibility index (Phi) is 6.80. The Morgan fingerprint density at radius 1 is 1.15 bits per heavy atom. The summed E-state index contributed by atoms with van der Waals surface area (Å²) in [6.45, 7) is 5.60. The highest BCUT2D eigenvalue weighted by atomic mass is 32.2. The standard InChI is InChI=1S/C22H28N4O6S/c1-3-31-22(28)16-8-12-26(13-9-16)33(29,30)18-14-17(7-6-15(18)2)19-23-20(32-24-19)21(27)25-10-4-5-11-25/h6-7,14,16H,3-5,8-13H2,1-2H3. The second kappa shape index (κ2) is 9.60. The molecular weight excluding hydrogens is 448 g/mol. The van der Waals surface area contributed by atoms with E-state index in [4.69, 9.17) is 9.26 Å². The minimum absolute atomic E-state index is 0.0991. The van der Waals surface area contributed by atoms with Crippen molar-refractivity contribution in [3.05, 3.63) is 29.7 Å². The molecule has 178 valence electrons. The molecule has 2 saturated heterocycles. The summed E-state index contributed by atoms with van der Waals surface area (Å²) in [6.07, 6.45) is 2.74. The average molecular weight is 477 g/mol. The Morgan fingerprint density at radius 2 is 1.85 bits per heavy atom. The van der Waals surface area contributed by atoms with E-state index in [2.05, 4.69) is 10.1 Å². The van der Waals surface area contributed by atoms with Crippen molar-refractivity contribution in [1.29, 1.82) is 0 Å². The summed E-state index contributed by atoms with van der Waals surface area (Å²) in [5, 5.41) is 3.90. The zero-order valence-electron chi connectivity index (χ0n) is 18.8. The molecule has 0 unspecified atom stereocenters. The quantitative estimate of drug-likeness (QED) is 0.582. The fourth-order valence-corrected chi connectivity index (χ4v) is 5.95. The number of nitrogens with zero attached hydrogens (tertiary/aromatic N) is 4. The number of aryl methyl sites for hydroxylation is 1. The topological polar surface area (TPSA) is 123 Å². The lowest BCUT2D eigenvalue weighted by atomic mass is 9.98. The first-order chi connectivity index (χ1) is 15.8. The van der Waals surface area contributed by atoms with Gasteiger partial charge in [-0.25, -0.2) is 8.42 Å². The van der Waals surface area contributed by atoms with Gasteiger partial charge in [-0.05, 0) is 51.2 Å². The van der Waals surface area contributed by atoms with Gasteiger partial charge in [0, 0.05) is 31.7 Å². The molecule has 3 heterocycles. The smallest absolute Gasteiger partial charge is 0.316 e. The van der Waals surface area contributed by atoms with Crippen LogP contribution in [0.4, 0.5) is 0 Å². The summed E-state index contributed by atoms with van der Waals surface area (Å²) in [7, 11) is -3.79. The van der Waals surface area contributed by atoms with Gasteiger partial charge in [0.15, 0.2) is 0 Å². The van der Waals surface area contributed by atoms with Gasteiger partial charge in [-0.15, -0.1) is 0 Å². The number of benzene rings is 1. The van der Waals surface area contributed by atoms with Gasteiger partial charge in [-0.1, -0.05) is 17.3 Å². The van der Waals surface area contributed by atoms with E-state index in [1.807, 2.05) is 0 Å². The highest BCUT2D eigenvalue weighted by Crippen LogP contribution is 2.29. The molecule has 1 amide bonds. The molecule has 0 aliphatic carbocycles. The molecule has 0 atom stereocenters. The van der Waals surface area contributed by atoms with Crippen LogP contribution in [0.1, 0.15) is 48.9 Å². The summed E-state index contributed by atoms with van der Waals surface area (Å²) in [5.41, 5.74) is 1.04. The van der Waals surface area contributed by atoms with Crippen molar-refractivity contribution in [2.24, 2.45) is 5.92 Å². The van der Waals surface area contributed by atoms with Crippen molar-refractivity contribution in [1.82, 2.24) is 19.3 Å². The van der Waals surface area contributed by atoms with E-state index in [9.17, 15) is 18.0 Å². The van der Waals surface area contributed by atoms with Crippen LogP contribution in [0, 0.1) is 12.8 Å². The third-order valence-electron chi connectivity index (χ3n) is 6.14. The van der Waals surface area contributed by atoms with Gasteiger partial charge >= 0.3 is 17.8 Å². The van der Waals surface area contributed by atoms with E-state index in [1.165, 1.54) is 10.4 Å². The van der Waals surface area contributed by atoms with Crippen LogP contribution in [0.15, 0.2) is 27.6 Å². The summed E-state index contributed by atoms with van der Waals surface area (Å²) in [6, 6.07) is 4.90. The highest BCUT2D eigenvalue weighted by Gasteiger charge is 2.34. The monoisotopic (exact) mass is 476 g/mol. The van der Waals surface area contributed by atoms with Crippen LogP contribution in [0.3, 0.4) is 0 Å². The number of likely N-dealkylation sites (tertiary alicyclic amines) is 1. The van der Waals surface area contributed by atoms with E-state index in [0.717, 1.165) is 12.8 Å². The zero-order valence-corrected chi connectivity index (χ0v) is 19.6. The first-order valence-electron chi connectivity index (χ1n) is 11.2. The Bertz CT molecular complexity index is 1130. The number of rotatable bonds is 6. The fraction of sp³-hybridized carbons (Fsp3) is 0.545. The molecule has 2 aromatic rings. The maximum atomic E-state index is 13.4. The minimum atomic E-state index is -3.79. The molecule has 4 rings (SSSR count). The van der Waals surface area contributed by atoms with Gasteiger partial charge in [-0.2, -0.15) is 9.29 Å². The van der Waals surface area contributed by atoms with Crippen LogP contribution in [0.25, 0.3) is 11.4 Å². The van der Waals surface area contributed by atoms with Crippen LogP contribution in [-0.4, -0.2) is 72.4 Å². The lowest BCUT2D eigenvalue weighted by Gasteiger charge is -2.30. The van der Waals surface area contributed by atoms with Crippen molar-refractivity contribution in [2.75, 3.05) is 32.8 Å². The number of hydrogen-bond donors (Lipinski definition) is 0. The van der Waals surface area contributed by atoms with Gasteiger partial charge in [0.25, 0.3) is 0 Å². The number of ether oxygens (including phenoxy) is 1. The van der Waals surface area contributed by atoms with Gasteiger partial charge in [0.05, 0.1) is 17.4 Å². The third kappa shape index (κ3) is 4.79. The van der Waals surface area contributed by atoms with Crippen molar-refractivity contribution < 1.29 is 27.3 Å². The SMILES string of the molecule is CCOC(=O)C1CCN(S(=O)(=O)c2cc(-c3noc(C(=O)N4CCCC4)n3)ccc2C)CC1. The molecule has 0 N–H and O–H groups in total. The Hall–Kier alpha value is -2.79. The molecule has 33 heavy (non-hydrogen) atoms. The molecular formula is C22H28N4O6S. The summed E-state index contributed by atoms with van der Waals surface area (Å²) in [5.74, 6) is -0.803. The molecule has 11 heteroatoms. The molecule has 0 radical (unpaired) electrons. The van der Waals surface area contributed by atoms with Crippen molar-refractivity contribution in [3.63, 3.8) is 0 Å². The van der Waals surface area contributed by atoms with Crippen LogP contribution in [0.2, 0.25) is 0 Å². The molecule has 1 aromatic carbocycles. The van der Waals surface area contributed by atoms with Crippen LogP contribution in [-0.2, 0) is 19.6 Å². The molecule has 0 saturated carbocycles. The average Bonchev–Trinajstić information content (AvgIpc) is 3.52.